The number of nitrogens with zero attached hydrogens (tertiary/aromatic N) is 1. The van der Waals surface area contributed by atoms with Gasteiger partial charge in [-0.1, -0.05) is 0 Å². The Morgan fingerprint density at radius 2 is 1.90 bits per heavy atom. The van der Waals surface area contributed by atoms with E-state index in [4.69, 9.17) is 0 Å². The smallest absolute Gasteiger partial charge is 0.321 e. The van der Waals surface area contributed by atoms with Gasteiger partial charge in [-0.3, -0.25) is 9.78 Å². The van der Waals surface area contributed by atoms with Gasteiger partial charge < -0.3 is 5.32 Å². The number of amides is 1. The van der Waals surface area contributed by atoms with Gasteiger partial charge in [0.2, 0.25) is 0 Å². The number of hydrogen-bond acceptors (Lipinski definition) is 2. The third-order valence-corrected chi connectivity index (χ3v) is 3.20. The average Bonchev–Trinajstić information content (AvgIpc) is 2.40. The first-order valence-corrected chi connectivity index (χ1v) is 6.35. The molecule has 0 spiro atoms. The molecule has 3 nitrogen and oxygen atoms in total. The van der Waals surface area contributed by atoms with Gasteiger partial charge >= 0.3 is 6.18 Å². The lowest BCUT2D eigenvalue weighted by atomic mass is 10.2. The SMILES string of the molecule is O=C(Nc1cc(C(F)(F)F)ccc1Br)c1cncc(F)c1. The third kappa shape index (κ3) is 3.78. The average molecular weight is 363 g/mol. The van der Waals surface area contributed by atoms with Gasteiger partial charge in [-0.05, 0) is 40.2 Å². The number of anilines is 1. The van der Waals surface area contributed by atoms with Gasteiger partial charge in [0.05, 0.1) is 23.0 Å². The number of benzene rings is 1. The highest BCUT2D eigenvalue weighted by atomic mass is 79.9. The fourth-order valence-corrected chi connectivity index (χ4v) is 1.87. The van der Waals surface area contributed by atoms with Gasteiger partial charge in [-0.15, -0.1) is 0 Å². The number of carbonyl (C=O) groups is 1. The molecular formula is C13H7BrF4N2O. The second kappa shape index (κ2) is 5.80. The Bertz CT molecular complexity index is 688. The van der Waals surface area contributed by atoms with E-state index in [0.717, 1.165) is 30.6 Å². The third-order valence-electron chi connectivity index (χ3n) is 2.51. The van der Waals surface area contributed by atoms with Gasteiger partial charge in [0.25, 0.3) is 5.91 Å². The summed E-state index contributed by atoms with van der Waals surface area (Å²) in [6.07, 6.45) is -2.50. The number of aromatic nitrogens is 1. The van der Waals surface area contributed by atoms with Crippen LogP contribution in [0, 0.1) is 5.82 Å². The zero-order valence-corrected chi connectivity index (χ0v) is 11.8. The summed E-state index contributed by atoms with van der Waals surface area (Å²) in [6.45, 7) is 0. The molecular weight excluding hydrogens is 356 g/mol. The monoisotopic (exact) mass is 362 g/mol. The molecule has 0 aliphatic rings. The molecule has 0 fully saturated rings. The maximum absolute atomic E-state index is 13.0. The summed E-state index contributed by atoms with van der Waals surface area (Å²) in [6, 6.07) is 3.77. The van der Waals surface area contributed by atoms with Gasteiger partial charge in [0, 0.05) is 10.7 Å². The first-order chi connectivity index (χ1) is 9.77. The van der Waals surface area contributed by atoms with Gasteiger partial charge in [0.1, 0.15) is 5.82 Å². The summed E-state index contributed by atoms with van der Waals surface area (Å²) in [4.78, 5) is 15.4. The van der Waals surface area contributed by atoms with E-state index in [1.807, 2.05) is 0 Å². The molecule has 0 unspecified atom stereocenters. The Hall–Kier alpha value is -1.96. The van der Waals surface area contributed by atoms with Crippen molar-refractivity contribution in [3.8, 4) is 0 Å². The molecule has 1 aromatic carbocycles. The highest BCUT2D eigenvalue weighted by Crippen LogP contribution is 2.34. The molecule has 1 heterocycles. The Balaban J connectivity index is 2.29. The molecule has 2 aromatic rings. The van der Waals surface area contributed by atoms with Crippen molar-refractivity contribution >= 4 is 27.5 Å². The minimum absolute atomic E-state index is 0.0703. The van der Waals surface area contributed by atoms with E-state index in [-0.39, 0.29) is 15.7 Å². The van der Waals surface area contributed by atoms with Crippen LogP contribution in [0.25, 0.3) is 0 Å². The Morgan fingerprint density at radius 1 is 1.19 bits per heavy atom. The largest absolute Gasteiger partial charge is 0.416 e. The summed E-state index contributed by atoms with van der Waals surface area (Å²) in [7, 11) is 0. The fourth-order valence-electron chi connectivity index (χ4n) is 1.53. The van der Waals surface area contributed by atoms with Gasteiger partial charge in [-0.25, -0.2) is 4.39 Å². The zero-order valence-electron chi connectivity index (χ0n) is 10.2. The molecule has 1 N–H and O–H groups in total. The van der Waals surface area contributed by atoms with Crippen molar-refractivity contribution in [3.05, 3.63) is 58.1 Å². The molecule has 1 aromatic heterocycles. The van der Waals surface area contributed by atoms with Gasteiger partial charge in [0.15, 0.2) is 0 Å². The van der Waals surface area contributed by atoms with E-state index >= 15 is 0 Å². The van der Waals surface area contributed by atoms with Crippen LogP contribution in [0.1, 0.15) is 15.9 Å². The van der Waals surface area contributed by atoms with Crippen LogP contribution in [0.5, 0.6) is 0 Å². The number of alkyl halides is 3. The lowest BCUT2D eigenvalue weighted by Crippen LogP contribution is -2.14. The molecule has 0 aliphatic carbocycles. The van der Waals surface area contributed by atoms with E-state index in [9.17, 15) is 22.4 Å². The highest BCUT2D eigenvalue weighted by Gasteiger charge is 2.31. The van der Waals surface area contributed by atoms with E-state index < -0.39 is 23.5 Å². The summed E-state index contributed by atoms with van der Waals surface area (Å²) in [5, 5.41) is 2.27. The van der Waals surface area contributed by atoms with E-state index in [1.165, 1.54) is 6.07 Å². The second-order valence-corrected chi connectivity index (χ2v) is 4.89. The Labute approximate surface area is 125 Å². The number of rotatable bonds is 2. The van der Waals surface area contributed by atoms with E-state index in [1.54, 1.807) is 0 Å². The fraction of sp³-hybridized carbons (Fsp3) is 0.0769. The van der Waals surface area contributed by atoms with Crippen molar-refractivity contribution in [3.63, 3.8) is 0 Å². The molecule has 0 saturated heterocycles. The van der Waals surface area contributed by atoms with Crippen LogP contribution in [0.2, 0.25) is 0 Å². The first kappa shape index (κ1) is 15.4. The predicted molar refractivity (Wildman–Crippen MR) is 71.3 cm³/mol. The summed E-state index contributed by atoms with van der Waals surface area (Å²) in [5.41, 5.74) is -1.07. The number of carbonyl (C=O) groups excluding carboxylic acids is 1. The second-order valence-electron chi connectivity index (χ2n) is 4.04. The maximum Gasteiger partial charge on any atom is 0.416 e. The van der Waals surface area contributed by atoms with Crippen molar-refractivity contribution in [1.82, 2.24) is 4.98 Å². The van der Waals surface area contributed by atoms with Crippen LogP contribution in [0.4, 0.5) is 23.2 Å². The number of nitrogens with one attached hydrogen (secondary N) is 1. The molecule has 2 rings (SSSR count). The molecule has 1 amide bonds. The van der Waals surface area contributed by atoms with Crippen molar-refractivity contribution in [2.24, 2.45) is 0 Å². The zero-order chi connectivity index (χ0) is 15.6. The van der Waals surface area contributed by atoms with E-state index in [2.05, 4.69) is 26.2 Å². The van der Waals surface area contributed by atoms with Crippen molar-refractivity contribution in [1.29, 1.82) is 0 Å². The maximum atomic E-state index is 13.0. The van der Waals surface area contributed by atoms with Gasteiger partial charge in [-0.2, -0.15) is 13.2 Å². The molecule has 110 valence electrons. The highest BCUT2D eigenvalue weighted by molar-refractivity contribution is 9.10. The topological polar surface area (TPSA) is 42.0 Å². The molecule has 0 radical (unpaired) electrons. The number of halogens is 5. The standard InChI is InChI=1S/C13H7BrF4N2O/c14-10-2-1-8(13(16,17)18)4-11(10)20-12(21)7-3-9(15)6-19-5-7/h1-6H,(H,20,21). The quantitative estimate of drug-likeness (QED) is 0.811. The number of hydrogen-bond donors (Lipinski definition) is 1. The molecule has 8 heteroatoms. The normalized spacial score (nSPS) is 11.3. The van der Waals surface area contributed by atoms with Crippen LogP contribution < -0.4 is 5.32 Å². The lowest BCUT2D eigenvalue weighted by Gasteiger charge is -2.11. The van der Waals surface area contributed by atoms with Crippen LogP contribution in [0.15, 0.2) is 41.1 Å². The molecule has 21 heavy (non-hydrogen) atoms. The Morgan fingerprint density at radius 3 is 2.52 bits per heavy atom. The molecule has 0 atom stereocenters. The predicted octanol–water partition coefficient (Wildman–Crippen LogP) is 4.25. The summed E-state index contributed by atoms with van der Waals surface area (Å²) >= 11 is 3.04. The molecule has 0 aliphatic heterocycles. The Kier molecular flexibility index (Phi) is 4.26. The summed E-state index contributed by atoms with van der Waals surface area (Å²) < 4.78 is 51.1. The van der Waals surface area contributed by atoms with Crippen molar-refractivity contribution < 1.29 is 22.4 Å². The summed E-state index contributed by atoms with van der Waals surface area (Å²) in [5.74, 6) is -1.48. The first-order valence-electron chi connectivity index (χ1n) is 5.56. The van der Waals surface area contributed by atoms with Crippen molar-refractivity contribution in [2.75, 3.05) is 5.32 Å². The van der Waals surface area contributed by atoms with Crippen LogP contribution >= 0.6 is 15.9 Å². The van der Waals surface area contributed by atoms with Crippen LogP contribution in [-0.4, -0.2) is 10.9 Å². The van der Waals surface area contributed by atoms with Crippen LogP contribution in [-0.2, 0) is 6.18 Å². The minimum atomic E-state index is -4.53. The van der Waals surface area contributed by atoms with E-state index in [0.29, 0.717) is 0 Å². The lowest BCUT2D eigenvalue weighted by molar-refractivity contribution is -0.137. The van der Waals surface area contributed by atoms with Crippen molar-refractivity contribution in [2.45, 2.75) is 6.18 Å². The van der Waals surface area contributed by atoms with Crippen LogP contribution in [0.3, 0.4) is 0 Å². The number of pyridine rings is 1. The molecule has 0 bridgehead atoms. The minimum Gasteiger partial charge on any atom is -0.321 e. The molecule has 0 saturated carbocycles.